The van der Waals surface area contributed by atoms with Gasteiger partial charge in [-0.1, -0.05) is 6.92 Å². The van der Waals surface area contributed by atoms with Crippen molar-refractivity contribution < 1.29 is 0 Å². The van der Waals surface area contributed by atoms with Crippen molar-refractivity contribution >= 4 is 5.84 Å². The van der Waals surface area contributed by atoms with Gasteiger partial charge in [-0.2, -0.15) is 0 Å². The minimum atomic E-state index is 0.301. The van der Waals surface area contributed by atoms with Gasteiger partial charge < -0.3 is 10.6 Å². The third-order valence-corrected chi connectivity index (χ3v) is 2.95. The maximum Gasteiger partial charge on any atom is 0.0918 e. The van der Waals surface area contributed by atoms with E-state index in [1.54, 1.807) is 0 Å². The van der Waals surface area contributed by atoms with Crippen molar-refractivity contribution in [2.45, 2.75) is 26.3 Å². The Bertz CT molecular complexity index is 193. The van der Waals surface area contributed by atoms with Crippen LogP contribution in [0.3, 0.4) is 0 Å². The number of hydrogen-bond donors (Lipinski definition) is 2. The summed E-state index contributed by atoms with van der Waals surface area (Å²) in [6.45, 7) is 9.94. The molecular formula is C10H22N4. The summed E-state index contributed by atoms with van der Waals surface area (Å²) in [6, 6.07) is 0.640. The van der Waals surface area contributed by atoms with Gasteiger partial charge in [-0.25, -0.2) is 0 Å². The first kappa shape index (κ1) is 11.5. The Labute approximate surface area is 86.6 Å². The first-order valence-electron chi connectivity index (χ1n) is 5.42. The predicted octanol–water partition coefficient (Wildman–Crippen LogP) is 0.338. The Morgan fingerprint density at radius 1 is 1.50 bits per heavy atom. The zero-order chi connectivity index (χ0) is 10.6. The predicted molar refractivity (Wildman–Crippen MR) is 59.7 cm³/mol. The quantitative estimate of drug-likeness (QED) is 0.506. The Kier molecular flexibility index (Phi) is 4.35. The largest absolute Gasteiger partial charge is 0.388 e. The second-order valence-corrected chi connectivity index (χ2v) is 4.05. The molecule has 4 nitrogen and oxygen atoms in total. The molecule has 0 amide bonds. The summed E-state index contributed by atoms with van der Waals surface area (Å²) in [5, 5.41) is 7.18. The van der Waals surface area contributed by atoms with E-state index in [2.05, 4.69) is 23.6 Å². The van der Waals surface area contributed by atoms with Crippen LogP contribution < -0.4 is 5.73 Å². The van der Waals surface area contributed by atoms with Crippen molar-refractivity contribution in [3.8, 4) is 0 Å². The minimum absolute atomic E-state index is 0.301. The molecule has 1 atom stereocenters. The molecule has 1 saturated heterocycles. The molecular weight excluding hydrogens is 176 g/mol. The van der Waals surface area contributed by atoms with Gasteiger partial charge in [0.1, 0.15) is 0 Å². The molecule has 0 aliphatic carbocycles. The summed E-state index contributed by atoms with van der Waals surface area (Å²) in [7, 11) is 0. The number of hydrogen-bond acceptors (Lipinski definition) is 3. The first-order valence-corrected chi connectivity index (χ1v) is 5.42. The van der Waals surface area contributed by atoms with E-state index in [9.17, 15) is 0 Å². The molecule has 0 spiro atoms. The van der Waals surface area contributed by atoms with Crippen LogP contribution in [0.5, 0.6) is 0 Å². The zero-order valence-electron chi connectivity index (χ0n) is 9.29. The van der Waals surface area contributed by atoms with Crippen molar-refractivity contribution in [1.29, 1.82) is 5.41 Å². The number of nitrogens with two attached hydrogens (primary N) is 1. The highest BCUT2D eigenvalue weighted by atomic mass is 15.3. The second-order valence-electron chi connectivity index (χ2n) is 4.05. The molecule has 4 heteroatoms. The van der Waals surface area contributed by atoms with Gasteiger partial charge in [0.15, 0.2) is 0 Å². The lowest BCUT2D eigenvalue weighted by Gasteiger charge is -2.39. The van der Waals surface area contributed by atoms with Crippen LogP contribution in [0.15, 0.2) is 0 Å². The van der Waals surface area contributed by atoms with Gasteiger partial charge in [0.25, 0.3) is 0 Å². The number of nitrogens with one attached hydrogen (secondary N) is 1. The van der Waals surface area contributed by atoms with Gasteiger partial charge in [0, 0.05) is 38.6 Å². The fourth-order valence-electron chi connectivity index (χ4n) is 2.02. The van der Waals surface area contributed by atoms with Crippen LogP contribution >= 0.6 is 0 Å². The van der Waals surface area contributed by atoms with Crippen molar-refractivity contribution in [1.82, 2.24) is 9.80 Å². The van der Waals surface area contributed by atoms with E-state index in [-0.39, 0.29) is 0 Å². The molecule has 0 bridgehead atoms. The topological polar surface area (TPSA) is 56.4 Å². The average molecular weight is 198 g/mol. The summed E-state index contributed by atoms with van der Waals surface area (Å²) in [5.41, 5.74) is 5.34. The highest BCUT2D eigenvalue weighted by molar-refractivity contribution is 5.76. The summed E-state index contributed by atoms with van der Waals surface area (Å²) in [5.74, 6) is 0.301. The van der Waals surface area contributed by atoms with Crippen LogP contribution in [0.1, 0.15) is 20.3 Å². The molecule has 1 fully saturated rings. The lowest BCUT2D eigenvalue weighted by atomic mass is 10.2. The monoisotopic (exact) mass is 198 g/mol. The maximum absolute atomic E-state index is 7.18. The van der Waals surface area contributed by atoms with E-state index in [1.165, 1.54) is 0 Å². The van der Waals surface area contributed by atoms with Gasteiger partial charge >= 0.3 is 0 Å². The lowest BCUT2D eigenvalue weighted by Crippen LogP contribution is -2.52. The van der Waals surface area contributed by atoms with Gasteiger partial charge in [-0.15, -0.1) is 0 Å². The van der Waals surface area contributed by atoms with E-state index in [1.807, 2.05) is 0 Å². The summed E-state index contributed by atoms with van der Waals surface area (Å²) >= 11 is 0. The third-order valence-electron chi connectivity index (χ3n) is 2.95. The molecule has 1 aliphatic heterocycles. The van der Waals surface area contributed by atoms with Crippen molar-refractivity contribution in [2.24, 2.45) is 5.73 Å². The average Bonchev–Trinajstić information content (AvgIpc) is 2.15. The Morgan fingerprint density at radius 3 is 2.71 bits per heavy atom. The molecule has 1 rings (SSSR count). The number of rotatable bonds is 4. The first-order chi connectivity index (χ1) is 6.63. The van der Waals surface area contributed by atoms with Crippen LogP contribution in [0.2, 0.25) is 0 Å². The standard InChI is InChI=1S/C10H22N4/c1-3-14-7-6-13(8-9(14)2)5-4-10(11)12/h9H,3-8H2,1-2H3,(H3,11,12). The van der Waals surface area contributed by atoms with Crippen LogP contribution in [0.25, 0.3) is 0 Å². The minimum Gasteiger partial charge on any atom is -0.388 e. The zero-order valence-corrected chi connectivity index (χ0v) is 9.29. The van der Waals surface area contributed by atoms with Crippen LogP contribution in [-0.2, 0) is 0 Å². The summed E-state index contributed by atoms with van der Waals surface area (Å²) in [6.07, 6.45) is 0.707. The summed E-state index contributed by atoms with van der Waals surface area (Å²) in [4.78, 5) is 4.89. The number of likely N-dealkylation sites (N-methyl/N-ethyl adjacent to an activating group) is 1. The van der Waals surface area contributed by atoms with E-state index in [0.29, 0.717) is 18.3 Å². The fraction of sp³-hybridized carbons (Fsp3) is 0.900. The molecule has 1 unspecified atom stereocenters. The summed E-state index contributed by atoms with van der Waals surface area (Å²) < 4.78 is 0. The molecule has 0 radical (unpaired) electrons. The van der Waals surface area contributed by atoms with Gasteiger partial charge in [-0.05, 0) is 13.5 Å². The number of amidine groups is 1. The Hall–Kier alpha value is -0.610. The van der Waals surface area contributed by atoms with Gasteiger partial charge in [0.05, 0.1) is 5.84 Å². The molecule has 14 heavy (non-hydrogen) atoms. The maximum atomic E-state index is 7.18. The van der Waals surface area contributed by atoms with Crippen LogP contribution in [-0.4, -0.2) is 54.4 Å². The van der Waals surface area contributed by atoms with Crippen molar-refractivity contribution in [2.75, 3.05) is 32.7 Å². The normalized spacial score (nSPS) is 25.1. The Morgan fingerprint density at radius 2 is 2.21 bits per heavy atom. The van der Waals surface area contributed by atoms with Gasteiger partial charge in [0.2, 0.25) is 0 Å². The second kappa shape index (κ2) is 5.32. The Balaban J connectivity index is 2.27. The molecule has 1 heterocycles. The molecule has 0 aromatic heterocycles. The number of piperazine rings is 1. The van der Waals surface area contributed by atoms with Crippen molar-refractivity contribution in [3.05, 3.63) is 0 Å². The molecule has 3 N–H and O–H groups in total. The molecule has 0 aromatic rings. The highest BCUT2D eigenvalue weighted by Gasteiger charge is 2.21. The van der Waals surface area contributed by atoms with E-state index in [0.717, 1.165) is 32.7 Å². The van der Waals surface area contributed by atoms with Crippen molar-refractivity contribution in [3.63, 3.8) is 0 Å². The number of nitrogens with zero attached hydrogens (tertiary/aromatic N) is 2. The fourth-order valence-corrected chi connectivity index (χ4v) is 2.02. The molecule has 0 aromatic carbocycles. The third kappa shape index (κ3) is 3.27. The molecule has 82 valence electrons. The van der Waals surface area contributed by atoms with E-state index < -0.39 is 0 Å². The molecule has 1 aliphatic rings. The van der Waals surface area contributed by atoms with Crippen LogP contribution in [0.4, 0.5) is 0 Å². The van der Waals surface area contributed by atoms with Gasteiger partial charge in [-0.3, -0.25) is 10.3 Å². The molecule has 0 saturated carbocycles. The lowest BCUT2D eigenvalue weighted by molar-refractivity contribution is 0.0900. The van der Waals surface area contributed by atoms with E-state index in [4.69, 9.17) is 11.1 Å². The smallest absolute Gasteiger partial charge is 0.0918 e. The SMILES string of the molecule is CCN1CCN(CCC(=N)N)CC1C. The van der Waals surface area contributed by atoms with E-state index >= 15 is 0 Å². The highest BCUT2D eigenvalue weighted by Crippen LogP contribution is 2.08. The van der Waals surface area contributed by atoms with Crippen LogP contribution in [0, 0.1) is 5.41 Å².